The van der Waals surface area contributed by atoms with Gasteiger partial charge in [-0.1, -0.05) is 18.2 Å². The smallest absolute Gasteiger partial charge is 0.254 e. The van der Waals surface area contributed by atoms with Crippen molar-refractivity contribution in [3.05, 3.63) is 35.9 Å². The summed E-state index contributed by atoms with van der Waals surface area (Å²) in [6, 6.07) is 8.82. The van der Waals surface area contributed by atoms with Gasteiger partial charge in [0.05, 0.1) is 0 Å². The van der Waals surface area contributed by atoms with Crippen LogP contribution in [-0.2, 0) is 4.79 Å². The normalized spacial score (nSPS) is 18.7. The van der Waals surface area contributed by atoms with Crippen LogP contribution in [0.15, 0.2) is 30.3 Å². The van der Waals surface area contributed by atoms with Gasteiger partial charge in [0.15, 0.2) is 0 Å². The van der Waals surface area contributed by atoms with Crippen LogP contribution in [0.5, 0.6) is 0 Å². The molecule has 1 atom stereocenters. The number of carbonyl (C=O) groups is 2. The molecule has 1 aliphatic heterocycles. The van der Waals surface area contributed by atoms with Crippen LogP contribution < -0.4 is 5.32 Å². The average molecular weight is 246 g/mol. The average Bonchev–Trinajstić information content (AvgIpc) is 2.88. The van der Waals surface area contributed by atoms with E-state index in [2.05, 4.69) is 5.32 Å². The molecule has 4 nitrogen and oxygen atoms in total. The number of likely N-dealkylation sites (tertiary alicyclic amines) is 1. The summed E-state index contributed by atoms with van der Waals surface area (Å²) in [6.07, 6.45) is 1.64. The first kappa shape index (κ1) is 12.6. The third-order valence-corrected chi connectivity index (χ3v) is 3.19. The van der Waals surface area contributed by atoms with Crippen molar-refractivity contribution in [2.24, 2.45) is 0 Å². The number of nitrogens with zero attached hydrogens (tertiary/aromatic N) is 1. The van der Waals surface area contributed by atoms with Gasteiger partial charge in [-0.3, -0.25) is 9.59 Å². The Labute approximate surface area is 107 Å². The van der Waals surface area contributed by atoms with Crippen LogP contribution in [0, 0.1) is 0 Å². The van der Waals surface area contributed by atoms with E-state index >= 15 is 0 Å². The largest absolute Gasteiger partial charge is 0.355 e. The molecule has 0 aromatic heterocycles. The van der Waals surface area contributed by atoms with Gasteiger partial charge in [-0.05, 0) is 31.9 Å². The summed E-state index contributed by atoms with van der Waals surface area (Å²) in [5.41, 5.74) is 0.647. The molecule has 2 rings (SSSR count). The number of amides is 2. The van der Waals surface area contributed by atoms with E-state index < -0.39 is 0 Å². The highest BCUT2D eigenvalue weighted by molar-refractivity contribution is 5.97. The molecule has 0 spiro atoms. The van der Waals surface area contributed by atoms with Crippen molar-refractivity contribution in [2.45, 2.75) is 25.8 Å². The summed E-state index contributed by atoms with van der Waals surface area (Å²) in [4.78, 5) is 25.9. The minimum Gasteiger partial charge on any atom is -0.355 e. The van der Waals surface area contributed by atoms with Gasteiger partial charge in [-0.2, -0.15) is 0 Å². The predicted molar refractivity (Wildman–Crippen MR) is 69.2 cm³/mol. The molecule has 0 bridgehead atoms. The predicted octanol–water partition coefficient (Wildman–Crippen LogP) is 1.43. The van der Waals surface area contributed by atoms with Gasteiger partial charge in [0.25, 0.3) is 5.91 Å². The number of nitrogens with one attached hydrogen (secondary N) is 1. The number of rotatable bonds is 3. The van der Waals surface area contributed by atoms with E-state index in [9.17, 15) is 9.59 Å². The van der Waals surface area contributed by atoms with Crippen molar-refractivity contribution < 1.29 is 9.59 Å². The lowest BCUT2D eigenvalue weighted by molar-refractivity contribution is -0.124. The van der Waals surface area contributed by atoms with Crippen molar-refractivity contribution >= 4 is 11.8 Å². The van der Waals surface area contributed by atoms with Crippen LogP contribution in [0.1, 0.15) is 30.1 Å². The first-order valence-corrected chi connectivity index (χ1v) is 6.37. The first-order valence-electron chi connectivity index (χ1n) is 6.37. The zero-order chi connectivity index (χ0) is 13.0. The fourth-order valence-corrected chi connectivity index (χ4v) is 2.32. The summed E-state index contributed by atoms with van der Waals surface area (Å²) in [6.45, 7) is 3.15. The fraction of sp³-hybridized carbons (Fsp3) is 0.429. The minimum atomic E-state index is -0.308. The lowest BCUT2D eigenvalue weighted by Crippen LogP contribution is -2.45. The molecule has 1 N–H and O–H groups in total. The van der Waals surface area contributed by atoms with Gasteiger partial charge >= 0.3 is 0 Å². The van der Waals surface area contributed by atoms with Crippen LogP contribution in [0.3, 0.4) is 0 Å². The number of carbonyl (C=O) groups excluding carboxylic acids is 2. The molecule has 2 amide bonds. The quantitative estimate of drug-likeness (QED) is 0.877. The third-order valence-electron chi connectivity index (χ3n) is 3.19. The highest BCUT2D eigenvalue weighted by atomic mass is 16.2. The molecule has 96 valence electrons. The lowest BCUT2D eigenvalue weighted by Gasteiger charge is -2.23. The van der Waals surface area contributed by atoms with E-state index in [4.69, 9.17) is 0 Å². The maximum atomic E-state index is 12.3. The van der Waals surface area contributed by atoms with Crippen molar-refractivity contribution in [1.82, 2.24) is 10.2 Å². The van der Waals surface area contributed by atoms with Crippen LogP contribution in [0.4, 0.5) is 0 Å². The number of hydrogen-bond acceptors (Lipinski definition) is 2. The molecule has 18 heavy (non-hydrogen) atoms. The Bertz CT molecular complexity index is 431. The van der Waals surface area contributed by atoms with E-state index in [0.29, 0.717) is 18.7 Å². The van der Waals surface area contributed by atoms with Crippen molar-refractivity contribution in [2.75, 3.05) is 13.1 Å². The highest BCUT2D eigenvalue weighted by Crippen LogP contribution is 2.20. The van der Waals surface area contributed by atoms with Crippen molar-refractivity contribution in [3.63, 3.8) is 0 Å². The second-order valence-electron chi connectivity index (χ2n) is 4.42. The molecule has 0 unspecified atom stereocenters. The Kier molecular flexibility index (Phi) is 3.97. The topological polar surface area (TPSA) is 49.4 Å². The summed E-state index contributed by atoms with van der Waals surface area (Å²) in [7, 11) is 0. The van der Waals surface area contributed by atoms with Gasteiger partial charge in [0, 0.05) is 18.7 Å². The van der Waals surface area contributed by atoms with Crippen molar-refractivity contribution in [1.29, 1.82) is 0 Å². The van der Waals surface area contributed by atoms with Crippen LogP contribution in [0.2, 0.25) is 0 Å². The molecule has 1 saturated heterocycles. The van der Waals surface area contributed by atoms with Crippen LogP contribution in [-0.4, -0.2) is 35.8 Å². The molecule has 1 heterocycles. The second-order valence-corrected chi connectivity index (χ2v) is 4.42. The Morgan fingerprint density at radius 1 is 1.33 bits per heavy atom. The van der Waals surface area contributed by atoms with Crippen molar-refractivity contribution in [3.8, 4) is 0 Å². The van der Waals surface area contributed by atoms with Gasteiger partial charge < -0.3 is 10.2 Å². The third kappa shape index (κ3) is 2.53. The van der Waals surface area contributed by atoms with Gasteiger partial charge in [-0.25, -0.2) is 0 Å². The SMILES string of the molecule is CCNC(=O)[C@@H]1CCCN1C(=O)c1ccccc1. The molecule has 0 radical (unpaired) electrons. The maximum absolute atomic E-state index is 12.3. The van der Waals surface area contributed by atoms with Crippen LogP contribution >= 0.6 is 0 Å². The van der Waals surface area contributed by atoms with E-state index in [1.54, 1.807) is 17.0 Å². The second kappa shape index (κ2) is 5.67. The molecular formula is C14H18N2O2. The molecule has 0 saturated carbocycles. The Morgan fingerprint density at radius 2 is 2.06 bits per heavy atom. The van der Waals surface area contributed by atoms with E-state index in [1.165, 1.54) is 0 Å². The standard InChI is InChI=1S/C14H18N2O2/c1-2-15-13(17)12-9-6-10-16(12)14(18)11-7-4-3-5-8-11/h3-5,7-8,12H,2,6,9-10H2,1H3,(H,15,17)/t12-/m0/s1. The fourth-order valence-electron chi connectivity index (χ4n) is 2.32. The zero-order valence-corrected chi connectivity index (χ0v) is 10.6. The summed E-state index contributed by atoms with van der Waals surface area (Å²) in [5.74, 6) is -0.0939. The van der Waals surface area contributed by atoms with Crippen LogP contribution in [0.25, 0.3) is 0 Å². The monoisotopic (exact) mass is 246 g/mol. The number of likely N-dealkylation sites (N-methyl/N-ethyl adjacent to an activating group) is 1. The first-order chi connectivity index (χ1) is 8.74. The molecule has 0 aliphatic carbocycles. The summed E-state index contributed by atoms with van der Waals surface area (Å²) < 4.78 is 0. The molecule has 1 aliphatic rings. The molecule has 1 aromatic carbocycles. The highest BCUT2D eigenvalue weighted by Gasteiger charge is 2.33. The minimum absolute atomic E-state index is 0.0423. The molecule has 1 fully saturated rings. The molecule has 1 aromatic rings. The number of benzene rings is 1. The van der Waals surface area contributed by atoms with E-state index in [1.807, 2.05) is 25.1 Å². The Hall–Kier alpha value is -1.84. The van der Waals surface area contributed by atoms with Gasteiger partial charge in [0.1, 0.15) is 6.04 Å². The summed E-state index contributed by atoms with van der Waals surface area (Å²) >= 11 is 0. The molecule has 4 heteroatoms. The Balaban J connectivity index is 2.12. The maximum Gasteiger partial charge on any atom is 0.254 e. The number of hydrogen-bond donors (Lipinski definition) is 1. The summed E-state index contributed by atoms with van der Waals surface area (Å²) in [5, 5.41) is 2.79. The van der Waals surface area contributed by atoms with Gasteiger partial charge in [-0.15, -0.1) is 0 Å². The lowest BCUT2D eigenvalue weighted by atomic mass is 10.1. The molecular weight excluding hydrogens is 228 g/mol. The Morgan fingerprint density at radius 3 is 2.72 bits per heavy atom. The van der Waals surface area contributed by atoms with E-state index in [-0.39, 0.29) is 17.9 Å². The zero-order valence-electron chi connectivity index (χ0n) is 10.6. The van der Waals surface area contributed by atoms with Gasteiger partial charge in [0.2, 0.25) is 5.91 Å². The van der Waals surface area contributed by atoms with E-state index in [0.717, 1.165) is 12.8 Å².